The van der Waals surface area contributed by atoms with Crippen LogP contribution < -0.4 is 0 Å². The molecule has 2 aromatic carbocycles. The van der Waals surface area contributed by atoms with E-state index in [9.17, 15) is 0 Å². The molecule has 0 fully saturated rings. The lowest BCUT2D eigenvalue weighted by molar-refractivity contribution is 0.903. The van der Waals surface area contributed by atoms with E-state index in [1.807, 2.05) is 0 Å². The molecule has 0 unspecified atom stereocenters. The topological polar surface area (TPSA) is 4.93 Å². The summed E-state index contributed by atoms with van der Waals surface area (Å²) in [6.45, 7) is 2.21. The predicted molar refractivity (Wildman–Crippen MR) is 76.9 cm³/mol. The standard InChI is InChI=1S/C17H17N/c1-13-16(12-14-8-4-3-5-9-14)15-10-6-7-11-17(15)18(13)2/h3-11H,12H2,1-2H3. The molecule has 0 aliphatic heterocycles. The second-order valence-electron chi connectivity index (χ2n) is 4.80. The molecule has 1 aromatic heterocycles. The summed E-state index contributed by atoms with van der Waals surface area (Å²) in [6, 6.07) is 19.3. The zero-order valence-corrected chi connectivity index (χ0v) is 10.9. The number of hydrogen-bond donors (Lipinski definition) is 0. The van der Waals surface area contributed by atoms with Crippen LogP contribution in [0.3, 0.4) is 0 Å². The molecule has 1 heterocycles. The zero-order chi connectivity index (χ0) is 12.5. The van der Waals surface area contributed by atoms with Crippen LogP contribution >= 0.6 is 0 Å². The molecule has 0 radical (unpaired) electrons. The molecule has 0 saturated heterocycles. The maximum Gasteiger partial charge on any atom is 0.0482 e. The molecule has 3 aromatic rings. The van der Waals surface area contributed by atoms with Crippen LogP contribution in [-0.2, 0) is 13.5 Å². The van der Waals surface area contributed by atoms with Gasteiger partial charge in [-0.15, -0.1) is 0 Å². The molecule has 18 heavy (non-hydrogen) atoms. The fourth-order valence-electron chi connectivity index (χ4n) is 2.62. The molecule has 0 spiro atoms. The van der Waals surface area contributed by atoms with Gasteiger partial charge in [-0.25, -0.2) is 0 Å². The minimum atomic E-state index is 1.01. The molecule has 0 aliphatic carbocycles. The first-order valence-electron chi connectivity index (χ1n) is 6.34. The Bertz CT molecular complexity index is 677. The molecule has 1 nitrogen and oxygen atoms in total. The van der Waals surface area contributed by atoms with Crippen LogP contribution in [0.25, 0.3) is 10.9 Å². The molecule has 90 valence electrons. The lowest BCUT2D eigenvalue weighted by atomic mass is 10.0. The number of aromatic nitrogens is 1. The van der Waals surface area contributed by atoms with Crippen LogP contribution in [0.15, 0.2) is 54.6 Å². The summed E-state index contributed by atoms with van der Waals surface area (Å²) in [5, 5.41) is 1.38. The smallest absolute Gasteiger partial charge is 0.0482 e. The minimum Gasteiger partial charge on any atom is -0.348 e. The van der Waals surface area contributed by atoms with E-state index < -0.39 is 0 Å². The Morgan fingerprint density at radius 3 is 2.33 bits per heavy atom. The van der Waals surface area contributed by atoms with Crippen molar-refractivity contribution >= 4 is 10.9 Å². The third-order valence-corrected chi connectivity index (χ3v) is 3.75. The van der Waals surface area contributed by atoms with Gasteiger partial charge in [0.2, 0.25) is 0 Å². The summed E-state index contributed by atoms with van der Waals surface area (Å²) >= 11 is 0. The van der Waals surface area contributed by atoms with Crippen LogP contribution in [0.4, 0.5) is 0 Å². The van der Waals surface area contributed by atoms with E-state index in [1.54, 1.807) is 0 Å². The summed E-state index contributed by atoms with van der Waals surface area (Å²) < 4.78 is 2.29. The highest BCUT2D eigenvalue weighted by molar-refractivity contribution is 5.85. The van der Waals surface area contributed by atoms with E-state index in [4.69, 9.17) is 0 Å². The van der Waals surface area contributed by atoms with Crippen molar-refractivity contribution in [3.05, 3.63) is 71.4 Å². The Kier molecular flexibility index (Phi) is 2.67. The van der Waals surface area contributed by atoms with Crippen LogP contribution in [0.5, 0.6) is 0 Å². The highest BCUT2D eigenvalue weighted by Gasteiger charge is 2.11. The van der Waals surface area contributed by atoms with Crippen molar-refractivity contribution in [1.29, 1.82) is 0 Å². The normalized spacial score (nSPS) is 11.0. The summed E-state index contributed by atoms with van der Waals surface area (Å²) in [4.78, 5) is 0. The second kappa shape index (κ2) is 4.34. The molecule has 0 saturated carbocycles. The van der Waals surface area contributed by atoms with Gasteiger partial charge in [0.05, 0.1) is 0 Å². The first-order chi connectivity index (χ1) is 8.77. The van der Waals surface area contributed by atoms with E-state index in [0.29, 0.717) is 0 Å². The SMILES string of the molecule is Cc1c(Cc2ccccc2)c2ccccc2n1C. The highest BCUT2D eigenvalue weighted by Crippen LogP contribution is 2.26. The quantitative estimate of drug-likeness (QED) is 0.631. The molecular formula is C17H17N. The number of para-hydroxylation sites is 1. The Balaban J connectivity index is 2.15. The molecule has 0 N–H and O–H groups in total. The zero-order valence-electron chi connectivity index (χ0n) is 10.9. The van der Waals surface area contributed by atoms with Crippen molar-refractivity contribution in [2.45, 2.75) is 13.3 Å². The van der Waals surface area contributed by atoms with E-state index >= 15 is 0 Å². The van der Waals surface area contributed by atoms with Crippen molar-refractivity contribution in [3.8, 4) is 0 Å². The Morgan fingerprint density at radius 2 is 1.56 bits per heavy atom. The van der Waals surface area contributed by atoms with Gasteiger partial charge in [-0.05, 0) is 30.5 Å². The number of nitrogens with zero attached hydrogens (tertiary/aromatic N) is 1. The molecule has 0 atom stereocenters. The van der Waals surface area contributed by atoms with Gasteiger partial charge in [-0.3, -0.25) is 0 Å². The van der Waals surface area contributed by atoms with Crippen LogP contribution in [0.1, 0.15) is 16.8 Å². The van der Waals surface area contributed by atoms with Crippen LogP contribution in [0, 0.1) is 6.92 Å². The van der Waals surface area contributed by atoms with E-state index in [0.717, 1.165) is 6.42 Å². The molecular weight excluding hydrogens is 218 g/mol. The van der Waals surface area contributed by atoms with Crippen LogP contribution in [-0.4, -0.2) is 4.57 Å². The Hall–Kier alpha value is -2.02. The van der Waals surface area contributed by atoms with Crippen molar-refractivity contribution in [2.75, 3.05) is 0 Å². The lowest BCUT2D eigenvalue weighted by Gasteiger charge is -2.03. The van der Waals surface area contributed by atoms with Gasteiger partial charge in [0.1, 0.15) is 0 Å². The third kappa shape index (κ3) is 1.72. The third-order valence-electron chi connectivity index (χ3n) is 3.75. The Morgan fingerprint density at radius 1 is 0.889 bits per heavy atom. The fraction of sp³-hybridized carbons (Fsp3) is 0.176. The van der Waals surface area contributed by atoms with Gasteiger partial charge in [0.15, 0.2) is 0 Å². The van der Waals surface area contributed by atoms with Gasteiger partial charge >= 0.3 is 0 Å². The molecule has 0 aliphatic rings. The first kappa shape index (κ1) is 11.1. The van der Waals surface area contributed by atoms with Gasteiger partial charge in [0.25, 0.3) is 0 Å². The average molecular weight is 235 g/mol. The van der Waals surface area contributed by atoms with E-state index in [1.165, 1.54) is 27.7 Å². The Labute approximate surface area is 108 Å². The number of hydrogen-bond acceptors (Lipinski definition) is 0. The van der Waals surface area contributed by atoms with Crippen molar-refractivity contribution < 1.29 is 0 Å². The van der Waals surface area contributed by atoms with Gasteiger partial charge in [0, 0.05) is 23.6 Å². The summed E-state index contributed by atoms with van der Waals surface area (Å²) in [6.07, 6.45) is 1.01. The van der Waals surface area contributed by atoms with Gasteiger partial charge in [-0.1, -0.05) is 48.5 Å². The maximum absolute atomic E-state index is 2.29. The number of rotatable bonds is 2. The predicted octanol–water partition coefficient (Wildman–Crippen LogP) is 4.08. The summed E-state index contributed by atoms with van der Waals surface area (Å²) in [5.41, 5.74) is 5.50. The van der Waals surface area contributed by atoms with Gasteiger partial charge in [-0.2, -0.15) is 0 Å². The fourth-order valence-corrected chi connectivity index (χ4v) is 2.62. The van der Waals surface area contributed by atoms with E-state index in [2.05, 4.69) is 73.1 Å². The first-order valence-corrected chi connectivity index (χ1v) is 6.34. The molecule has 0 bridgehead atoms. The van der Waals surface area contributed by atoms with E-state index in [-0.39, 0.29) is 0 Å². The van der Waals surface area contributed by atoms with Gasteiger partial charge < -0.3 is 4.57 Å². The minimum absolute atomic E-state index is 1.01. The summed E-state index contributed by atoms with van der Waals surface area (Å²) in [5.74, 6) is 0. The van der Waals surface area contributed by atoms with Crippen molar-refractivity contribution in [2.24, 2.45) is 7.05 Å². The van der Waals surface area contributed by atoms with Crippen molar-refractivity contribution in [3.63, 3.8) is 0 Å². The number of fused-ring (bicyclic) bond motifs is 1. The number of aryl methyl sites for hydroxylation is 1. The number of benzene rings is 2. The lowest BCUT2D eigenvalue weighted by Crippen LogP contribution is -1.93. The molecule has 0 amide bonds. The maximum atomic E-state index is 2.29. The van der Waals surface area contributed by atoms with Crippen LogP contribution in [0.2, 0.25) is 0 Å². The second-order valence-corrected chi connectivity index (χ2v) is 4.80. The highest BCUT2D eigenvalue weighted by atomic mass is 14.9. The molecule has 1 heteroatoms. The summed E-state index contributed by atoms with van der Waals surface area (Å²) in [7, 11) is 2.14. The van der Waals surface area contributed by atoms with Crippen molar-refractivity contribution in [1.82, 2.24) is 4.57 Å². The molecule has 3 rings (SSSR count). The average Bonchev–Trinajstić information content (AvgIpc) is 2.66. The monoisotopic (exact) mass is 235 g/mol. The largest absolute Gasteiger partial charge is 0.348 e.